The van der Waals surface area contributed by atoms with Crippen LogP contribution in [0.15, 0.2) is 54.6 Å². The van der Waals surface area contributed by atoms with Crippen LogP contribution >= 0.6 is 0 Å². The third kappa shape index (κ3) is 4.57. The van der Waals surface area contributed by atoms with Gasteiger partial charge in [0, 0.05) is 12.1 Å². The summed E-state index contributed by atoms with van der Waals surface area (Å²) >= 11 is 0. The van der Waals surface area contributed by atoms with E-state index in [0.717, 1.165) is 5.56 Å². The van der Waals surface area contributed by atoms with Crippen LogP contribution < -0.4 is 4.74 Å². The molecule has 1 saturated heterocycles. The van der Waals surface area contributed by atoms with Crippen LogP contribution in [0, 0.1) is 0 Å². The van der Waals surface area contributed by atoms with Crippen molar-refractivity contribution >= 4 is 17.7 Å². The van der Waals surface area contributed by atoms with Gasteiger partial charge in [-0.05, 0) is 49.6 Å². The molecule has 3 rings (SSSR count). The fourth-order valence-corrected chi connectivity index (χ4v) is 3.22. The molecule has 0 N–H and O–H groups in total. The molecule has 146 valence electrons. The first kappa shape index (κ1) is 19.6. The van der Waals surface area contributed by atoms with Crippen LogP contribution in [0.3, 0.4) is 0 Å². The van der Waals surface area contributed by atoms with Crippen LogP contribution in [-0.2, 0) is 20.9 Å². The fraction of sp³-hybridized carbons (Fsp3) is 0.318. The number of esters is 1. The van der Waals surface area contributed by atoms with Crippen molar-refractivity contribution in [3.63, 3.8) is 0 Å². The molecule has 1 atom stereocenters. The molecule has 1 aliphatic rings. The Kier molecular flexibility index (Phi) is 6.42. The third-order valence-corrected chi connectivity index (χ3v) is 4.64. The summed E-state index contributed by atoms with van der Waals surface area (Å²) in [7, 11) is 0. The highest BCUT2D eigenvalue weighted by atomic mass is 16.5. The number of likely N-dealkylation sites (tertiary alicyclic amines) is 1. The Bertz CT molecular complexity index is 832. The van der Waals surface area contributed by atoms with Crippen molar-refractivity contribution in [2.45, 2.75) is 32.4 Å². The zero-order valence-corrected chi connectivity index (χ0v) is 15.8. The van der Waals surface area contributed by atoms with Gasteiger partial charge in [-0.3, -0.25) is 9.59 Å². The minimum absolute atomic E-state index is 0.135. The average Bonchev–Trinajstić information content (AvgIpc) is 3.22. The number of carbonyl (C=O) groups is 3. The Hall–Kier alpha value is -3.15. The first-order valence-corrected chi connectivity index (χ1v) is 9.39. The molecule has 1 heterocycles. The predicted molar refractivity (Wildman–Crippen MR) is 103 cm³/mol. The van der Waals surface area contributed by atoms with Gasteiger partial charge in [0.05, 0.1) is 6.61 Å². The smallest absolute Gasteiger partial charge is 0.376 e. The molecule has 1 amide bonds. The maximum atomic E-state index is 12.8. The number of ketones is 1. The van der Waals surface area contributed by atoms with E-state index < -0.39 is 17.8 Å². The molecule has 0 unspecified atom stereocenters. The van der Waals surface area contributed by atoms with Crippen molar-refractivity contribution in [2.75, 3.05) is 13.2 Å². The number of rotatable bonds is 7. The molecule has 0 radical (unpaired) electrons. The Morgan fingerprint density at radius 1 is 1.04 bits per heavy atom. The van der Waals surface area contributed by atoms with Crippen molar-refractivity contribution < 1.29 is 23.9 Å². The van der Waals surface area contributed by atoms with Crippen LogP contribution in [0.2, 0.25) is 0 Å². The SMILES string of the molecule is CCOC(=O)C(=O)[C@@H]1CCCN1C(=O)c1ccc(OCc2ccccc2)cc1. The van der Waals surface area contributed by atoms with E-state index in [2.05, 4.69) is 0 Å². The van der Waals surface area contributed by atoms with Crippen LogP contribution in [-0.4, -0.2) is 41.8 Å². The van der Waals surface area contributed by atoms with Gasteiger partial charge in [0.25, 0.3) is 11.7 Å². The highest BCUT2D eigenvalue weighted by molar-refractivity contribution is 6.36. The summed E-state index contributed by atoms with van der Waals surface area (Å²) in [6.07, 6.45) is 1.15. The lowest BCUT2D eigenvalue weighted by Crippen LogP contribution is -2.43. The summed E-state index contributed by atoms with van der Waals surface area (Å²) in [6.45, 7) is 2.66. The molecule has 2 aromatic rings. The van der Waals surface area contributed by atoms with E-state index in [4.69, 9.17) is 9.47 Å². The van der Waals surface area contributed by atoms with Gasteiger partial charge in [0.2, 0.25) is 0 Å². The van der Waals surface area contributed by atoms with Crippen LogP contribution in [0.25, 0.3) is 0 Å². The van der Waals surface area contributed by atoms with Crippen molar-refractivity contribution in [1.82, 2.24) is 4.90 Å². The summed E-state index contributed by atoms with van der Waals surface area (Å²) in [4.78, 5) is 38.3. The number of benzene rings is 2. The summed E-state index contributed by atoms with van der Waals surface area (Å²) in [6, 6.07) is 15.9. The number of nitrogens with zero attached hydrogens (tertiary/aromatic N) is 1. The number of Topliss-reactive ketones (excluding diaryl/α,β-unsaturated/α-hetero) is 1. The van der Waals surface area contributed by atoms with Crippen molar-refractivity contribution in [1.29, 1.82) is 0 Å². The lowest BCUT2D eigenvalue weighted by molar-refractivity contribution is -0.155. The number of hydrogen-bond acceptors (Lipinski definition) is 5. The van der Waals surface area contributed by atoms with Gasteiger partial charge in [-0.2, -0.15) is 0 Å². The van der Waals surface area contributed by atoms with Crippen LogP contribution in [0.4, 0.5) is 0 Å². The molecule has 0 aliphatic carbocycles. The van der Waals surface area contributed by atoms with E-state index in [1.807, 2.05) is 30.3 Å². The molecule has 0 spiro atoms. The summed E-state index contributed by atoms with van der Waals surface area (Å²) in [5.41, 5.74) is 1.51. The Balaban J connectivity index is 1.63. The van der Waals surface area contributed by atoms with Crippen molar-refractivity contribution in [3.05, 3.63) is 65.7 Å². The number of amides is 1. The lowest BCUT2D eigenvalue weighted by atomic mass is 10.1. The highest BCUT2D eigenvalue weighted by Gasteiger charge is 2.38. The van der Waals surface area contributed by atoms with E-state index in [1.54, 1.807) is 31.2 Å². The second kappa shape index (κ2) is 9.17. The lowest BCUT2D eigenvalue weighted by Gasteiger charge is -2.23. The quantitative estimate of drug-likeness (QED) is 0.545. The third-order valence-electron chi connectivity index (χ3n) is 4.64. The molecular formula is C22H23NO5. The van der Waals surface area contributed by atoms with E-state index in [1.165, 1.54) is 4.90 Å². The predicted octanol–water partition coefficient (Wildman–Crippen LogP) is 3.00. The van der Waals surface area contributed by atoms with Gasteiger partial charge < -0.3 is 14.4 Å². The van der Waals surface area contributed by atoms with Crippen molar-refractivity contribution in [3.8, 4) is 5.75 Å². The molecule has 0 saturated carbocycles. The van der Waals surface area contributed by atoms with Crippen molar-refractivity contribution in [2.24, 2.45) is 0 Å². The van der Waals surface area contributed by atoms with E-state index in [9.17, 15) is 14.4 Å². The molecule has 0 bridgehead atoms. The maximum Gasteiger partial charge on any atom is 0.376 e. The molecule has 1 aliphatic heterocycles. The minimum Gasteiger partial charge on any atom is -0.489 e. The number of hydrogen-bond donors (Lipinski definition) is 0. The molecule has 0 aromatic heterocycles. The summed E-state index contributed by atoms with van der Waals surface area (Å²) < 4.78 is 10.5. The largest absolute Gasteiger partial charge is 0.489 e. The van der Waals surface area contributed by atoms with Crippen LogP contribution in [0.1, 0.15) is 35.7 Å². The highest BCUT2D eigenvalue weighted by Crippen LogP contribution is 2.23. The Morgan fingerprint density at radius 2 is 1.75 bits per heavy atom. The van der Waals surface area contributed by atoms with E-state index in [-0.39, 0.29) is 12.5 Å². The first-order valence-electron chi connectivity index (χ1n) is 9.39. The summed E-state index contributed by atoms with van der Waals surface area (Å²) in [5, 5.41) is 0. The Labute approximate surface area is 164 Å². The Morgan fingerprint density at radius 3 is 2.43 bits per heavy atom. The second-order valence-electron chi connectivity index (χ2n) is 6.54. The normalized spacial score (nSPS) is 15.9. The zero-order valence-electron chi connectivity index (χ0n) is 15.8. The fourth-order valence-electron chi connectivity index (χ4n) is 3.22. The number of ether oxygens (including phenoxy) is 2. The molecule has 2 aromatic carbocycles. The van der Waals surface area contributed by atoms with Gasteiger partial charge in [0.15, 0.2) is 0 Å². The monoisotopic (exact) mass is 381 g/mol. The van der Waals surface area contributed by atoms with Gasteiger partial charge in [-0.15, -0.1) is 0 Å². The van der Waals surface area contributed by atoms with Gasteiger partial charge in [-0.25, -0.2) is 4.79 Å². The van der Waals surface area contributed by atoms with Crippen LogP contribution in [0.5, 0.6) is 5.75 Å². The molecule has 6 heteroatoms. The second-order valence-corrected chi connectivity index (χ2v) is 6.54. The summed E-state index contributed by atoms with van der Waals surface area (Å²) in [5.74, 6) is -1.15. The standard InChI is InChI=1S/C22H23NO5/c1-2-27-22(26)20(24)19-9-6-14-23(19)21(25)17-10-12-18(13-11-17)28-15-16-7-4-3-5-8-16/h3-5,7-8,10-13,19H,2,6,9,14-15H2,1H3/t19-/m0/s1. The molecule has 1 fully saturated rings. The van der Waals surface area contributed by atoms with Gasteiger partial charge in [-0.1, -0.05) is 30.3 Å². The topological polar surface area (TPSA) is 72.9 Å². The average molecular weight is 381 g/mol. The van der Waals surface area contributed by atoms with Gasteiger partial charge in [0.1, 0.15) is 18.4 Å². The molecule has 6 nitrogen and oxygen atoms in total. The molecule has 28 heavy (non-hydrogen) atoms. The first-order chi connectivity index (χ1) is 13.6. The van der Waals surface area contributed by atoms with Gasteiger partial charge >= 0.3 is 5.97 Å². The zero-order chi connectivity index (χ0) is 19.9. The molecular weight excluding hydrogens is 358 g/mol. The van der Waals surface area contributed by atoms with E-state index >= 15 is 0 Å². The van der Waals surface area contributed by atoms with E-state index in [0.29, 0.717) is 37.3 Å². The number of carbonyl (C=O) groups excluding carboxylic acids is 3. The minimum atomic E-state index is -0.878. The maximum absolute atomic E-state index is 12.8.